The molecule has 0 spiro atoms. The predicted octanol–water partition coefficient (Wildman–Crippen LogP) is 7.76. The molecule has 39 heavy (non-hydrogen) atoms. The number of rotatable bonds is 6. The van der Waals surface area contributed by atoms with Crippen LogP contribution in [0.15, 0.2) is 180 Å². The van der Waals surface area contributed by atoms with E-state index in [9.17, 15) is 0 Å². The van der Waals surface area contributed by atoms with E-state index in [1.807, 2.05) is 6.08 Å². The van der Waals surface area contributed by atoms with Crippen molar-refractivity contribution in [1.82, 2.24) is 4.17 Å². The minimum absolute atomic E-state index is 0.992. The van der Waals surface area contributed by atoms with Crippen molar-refractivity contribution in [3.8, 4) is 0 Å². The van der Waals surface area contributed by atoms with Crippen molar-refractivity contribution in [3.05, 3.63) is 180 Å². The van der Waals surface area contributed by atoms with Gasteiger partial charge in [-0.15, -0.1) is 4.17 Å². The van der Waals surface area contributed by atoms with E-state index < -0.39 is 14.1 Å². The molecule has 4 aromatic carbocycles. The van der Waals surface area contributed by atoms with Crippen molar-refractivity contribution in [2.24, 2.45) is 0 Å². The third-order valence-electron chi connectivity index (χ3n) is 7.18. The second-order valence-electron chi connectivity index (χ2n) is 9.51. The minimum Gasteiger partial charge on any atom is -0.147 e. The van der Waals surface area contributed by atoms with Gasteiger partial charge in [-0.1, -0.05) is 109 Å². The molecule has 0 saturated carbocycles. The first kappa shape index (κ1) is 25.3. The highest BCUT2D eigenvalue weighted by Gasteiger charge is 2.45. The third kappa shape index (κ3) is 4.70. The van der Waals surface area contributed by atoms with E-state index in [0.717, 1.165) is 18.2 Å². The molecule has 188 valence electrons. The van der Waals surface area contributed by atoms with Crippen molar-refractivity contribution in [3.63, 3.8) is 0 Å². The highest BCUT2D eigenvalue weighted by molar-refractivity contribution is 7.91. The normalized spacial score (nSPS) is 14.5. The molecule has 6 rings (SSSR count). The molecule has 4 aromatic rings. The average molecular weight is 539 g/mol. The van der Waals surface area contributed by atoms with Crippen molar-refractivity contribution in [1.29, 1.82) is 0 Å². The molecule has 2 aliphatic rings. The quantitative estimate of drug-likeness (QED) is 0.135. The number of hydrogen-bond donors (Lipinski definition) is 0. The average Bonchev–Trinajstić information content (AvgIpc) is 3.04. The minimum atomic E-state index is -2.55. The molecule has 0 fully saturated rings. The molecule has 0 aliphatic heterocycles. The van der Waals surface area contributed by atoms with Crippen LogP contribution in [0.5, 0.6) is 0 Å². The fourth-order valence-electron chi connectivity index (χ4n) is 5.39. The number of hydrogen-bond acceptors (Lipinski definition) is 0. The van der Waals surface area contributed by atoms with Crippen LogP contribution in [0.4, 0.5) is 0 Å². The van der Waals surface area contributed by atoms with Gasteiger partial charge in [0, 0.05) is 5.31 Å². The Kier molecular flexibility index (Phi) is 7.37. The Hall–Kier alpha value is -4.03. The first-order chi connectivity index (χ1) is 19.3. The molecule has 3 heteroatoms. The Morgan fingerprint density at radius 3 is 1.46 bits per heavy atom. The Bertz CT molecular complexity index is 1710. The van der Waals surface area contributed by atoms with Crippen molar-refractivity contribution < 1.29 is 0 Å². The standard InChI is InChI=1S/C36H30NP2/c1-7-19-31(20-8-1)38(32-21-9-2-10-22-32,33-23-11-3-12-24-33)37-39(34-25-13-4-14-26-34,35-27-15-5-16-28-35)36-29-17-6-18-30-36/h1-11,13-17,19-23,25-29H,12,24H2/q+1. The molecule has 2 aliphatic carbocycles. The monoisotopic (exact) mass is 538 g/mol. The highest BCUT2D eigenvalue weighted by Crippen LogP contribution is 2.60. The summed E-state index contributed by atoms with van der Waals surface area (Å²) in [6.45, 7) is 0. The van der Waals surface area contributed by atoms with Crippen LogP contribution in [0.2, 0.25) is 0 Å². The lowest BCUT2D eigenvalue weighted by Crippen LogP contribution is -2.24. The molecule has 0 saturated heterocycles. The lowest BCUT2D eigenvalue weighted by atomic mass is 10.2. The maximum absolute atomic E-state index is 6.38. The van der Waals surface area contributed by atoms with Crippen molar-refractivity contribution in [2.45, 2.75) is 12.8 Å². The Balaban J connectivity index is 2.01. The van der Waals surface area contributed by atoms with Gasteiger partial charge in [0.1, 0.15) is 5.31 Å². The van der Waals surface area contributed by atoms with Crippen LogP contribution in [0.1, 0.15) is 12.8 Å². The van der Waals surface area contributed by atoms with Crippen LogP contribution in [0, 0.1) is 0 Å². The number of benzene rings is 4. The van der Waals surface area contributed by atoms with Gasteiger partial charge in [-0.3, -0.25) is 0 Å². The molecule has 0 atom stereocenters. The van der Waals surface area contributed by atoms with E-state index >= 15 is 0 Å². The third-order valence-corrected chi connectivity index (χ3v) is 15.7. The second kappa shape index (κ2) is 11.4. The van der Waals surface area contributed by atoms with Gasteiger partial charge in [0.05, 0.1) is 21.2 Å². The molecular weight excluding hydrogens is 508 g/mol. The zero-order chi connectivity index (χ0) is 26.4. The molecule has 0 radical (unpaired) electrons. The molecule has 1 nitrogen and oxygen atoms in total. The Morgan fingerprint density at radius 1 is 0.564 bits per heavy atom. The summed E-state index contributed by atoms with van der Waals surface area (Å²) < 4.78 is 6.38. The van der Waals surface area contributed by atoms with Gasteiger partial charge < -0.3 is 0 Å². The van der Waals surface area contributed by atoms with Crippen LogP contribution >= 0.6 is 14.1 Å². The van der Waals surface area contributed by atoms with Gasteiger partial charge in [-0.25, -0.2) is 0 Å². The maximum atomic E-state index is 6.38. The molecule has 0 unspecified atom stereocenters. The Morgan fingerprint density at radius 2 is 1.05 bits per heavy atom. The van der Waals surface area contributed by atoms with Crippen molar-refractivity contribution in [2.75, 3.05) is 0 Å². The highest BCUT2D eigenvalue weighted by atomic mass is 31.2. The molecule has 0 heterocycles. The van der Waals surface area contributed by atoms with Crippen LogP contribution in [0.25, 0.3) is 0 Å². The van der Waals surface area contributed by atoms with Gasteiger partial charge in [0.15, 0.2) is 0 Å². The second-order valence-corrected chi connectivity index (χ2v) is 15.9. The molecule has 0 bridgehead atoms. The SMILES string of the molecule is C1=C=C(P(=[N+]=P(C2=CC=CCC2)(c2ccccc2)c2ccccc2)(c2ccccc2)c2ccccc2)C=CC=1. The Labute approximate surface area is 231 Å². The molecular formula is C36H30NP2+. The largest absolute Gasteiger partial charge is 0.309 e. The van der Waals surface area contributed by atoms with E-state index in [-0.39, 0.29) is 0 Å². The summed E-state index contributed by atoms with van der Waals surface area (Å²) in [5.41, 5.74) is 6.83. The zero-order valence-corrected chi connectivity index (χ0v) is 23.6. The van der Waals surface area contributed by atoms with E-state index in [2.05, 4.69) is 163 Å². The zero-order valence-electron chi connectivity index (χ0n) is 21.8. The van der Waals surface area contributed by atoms with Crippen LogP contribution in [-0.4, -0.2) is 0 Å². The maximum Gasteiger partial charge on any atom is 0.309 e. The van der Waals surface area contributed by atoms with Crippen molar-refractivity contribution >= 4 is 35.3 Å². The van der Waals surface area contributed by atoms with E-state index in [0.29, 0.717) is 0 Å². The number of allylic oxidation sites excluding steroid dienone is 8. The fourth-order valence-corrected chi connectivity index (χ4v) is 15.0. The summed E-state index contributed by atoms with van der Waals surface area (Å²) >= 11 is 0. The summed E-state index contributed by atoms with van der Waals surface area (Å²) in [5.74, 6) is 0. The molecule has 0 N–H and O–H groups in total. The molecule has 0 aromatic heterocycles. The summed E-state index contributed by atoms with van der Waals surface area (Å²) in [6.07, 6.45) is 15.1. The summed E-state index contributed by atoms with van der Waals surface area (Å²) in [7, 11) is -4.99. The topological polar surface area (TPSA) is 14.1 Å². The van der Waals surface area contributed by atoms with Crippen LogP contribution in [0.3, 0.4) is 0 Å². The van der Waals surface area contributed by atoms with E-state index in [1.54, 1.807) is 0 Å². The summed E-state index contributed by atoms with van der Waals surface area (Å²) in [4.78, 5) is 0. The van der Waals surface area contributed by atoms with Gasteiger partial charge in [0.25, 0.3) is 7.05 Å². The summed E-state index contributed by atoms with van der Waals surface area (Å²) in [5, 5.41) is 7.55. The van der Waals surface area contributed by atoms with Gasteiger partial charge in [-0.05, 0) is 73.5 Å². The lowest BCUT2D eigenvalue weighted by Gasteiger charge is -2.22. The van der Waals surface area contributed by atoms with Gasteiger partial charge in [-0.2, -0.15) is 0 Å². The summed E-state index contributed by atoms with van der Waals surface area (Å²) in [6, 6.07) is 43.8. The van der Waals surface area contributed by atoms with Crippen LogP contribution < -0.4 is 25.4 Å². The molecule has 0 amide bonds. The lowest BCUT2D eigenvalue weighted by molar-refractivity contribution is 1.02. The first-order valence-corrected chi connectivity index (χ1v) is 16.8. The van der Waals surface area contributed by atoms with Crippen LogP contribution in [-0.2, 0) is 0 Å². The predicted molar refractivity (Wildman–Crippen MR) is 171 cm³/mol. The van der Waals surface area contributed by atoms with E-state index in [1.165, 1.54) is 26.5 Å². The van der Waals surface area contributed by atoms with Gasteiger partial charge >= 0.3 is 7.05 Å². The van der Waals surface area contributed by atoms with E-state index in [4.69, 9.17) is 4.17 Å². The van der Waals surface area contributed by atoms with Gasteiger partial charge in [0.2, 0.25) is 0 Å². The number of nitrogens with zero attached hydrogens (tertiary/aromatic N) is 1. The first-order valence-electron chi connectivity index (χ1n) is 13.3. The smallest absolute Gasteiger partial charge is 0.147 e. The fraction of sp³-hybridized carbons (Fsp3) is 0.0556.